The molecule has 1 heterocycles. The normalized spacial score (nSPS) is 12.0. The molecule has 0 saturated heterocycles. The second-order valence-corrected chi connectivity index (χ2v) is 6.49. The van der Waals surface area contributed by atoms with Gasteiger partial charge in [-0.05, 0) is 37.6 Å². The largest absolute Gasteiger partial charge is 0.467 e. The Morgan fingerprint density at radius 3 is 2.50 bits per heavy atom. The summed E-state index contributed by atoms with van der Waals surface area (Å²) in [6.07, 6.45) is 2.22. The molecule has 2 aromatic carbocycles. The highest BCUT2D eigenvalue weighted by molar-refractivity contribution is 5.97. The molecule has 26 heavy (non-hydrogen) atoms. The van der Waals surface area contributed by atoms with Crippen LogP contribution in [0.25, 0.3) is 10.9 Å². The van der Waals surface area contributed by atoms with Gasteiger partial charge in [0.2, 0.25) is 0 Å². The molecule has 5 heteroatoms. The molecule has 134 valence electrons. The zero-order chi connectivity index (χ0) is 18.7. The van der Waals surface area contributed by atoms with Crippen LogP contribution in [0.15, 0.2) is 48.7 Å². The number of benzene rings is 2. The minimum absolute atomic E-state index is 0.285. The number of para-hydroxylation sites is 1. The molecular formula is C21H22N2O3. The molecule has 0 bridgehead atoms. The predicted molar refractivity (Wildman–Crippen MR) is 101 cm³/mol. The van der Waals surface area contributed by atoms with E-state index >= 15 is 0 Å². The van der Waals surface area contributed by atoms with Crippen molar-refractivity contribution in [1.82, 2.24) is 10.3 Å². The number of hydrogen-bond acceptors (Lipinski definition) is 3. The monoisotopic (exact) mass is 350 g/mol. The molecule has 0 aliphatic carbocycles. The molecule has 0 radical (unpaired) electrons. The Hall–Kier alpha value is -3.08. The van der Waals surface area contributed by atoms with Gasteiger partial charge in [0, 0.05) is 29.1 Å². The molecule has 2 N–H and O–H groups in total. The summed E-state index contributed by atoms with van der Waals surface area (Å²) in [4.78, 5) is 28.1. The SMILES string of the molecule is COC(=O)C(Cc1c[nH]c2ccccc12)NC(=O)c1cc(C)cc(C)c1. The summed E-state index contributed by atoms with van der Waals surface area (Å²) in [5.41, 5.74) is 4.49. The molecule has 0 fully saturated rings. The first kappa shape index (κ1) is 17.7. The van der Waals surface area contributed by atoms with Gasteiger partial charge in [-0.15, -0.1) is 0 Å². The summed E-state index contributed by atoms with van der Waals surface area (Å²) < 4.78 is 4.89. The minimum Gasteiger partial charge on any atom is -0.467 e. The molecule has 0 spiro atoms. The molecule has 0 aliphatic heterocycles. The maximum atomic E-state index is 12.6. The summed E-state index contributed by atoms with van der Waals surface area (Å²) >= 11 is 0. The van der Waals surface area contributed by atoms with Crippen molar-refractivity contribution in [3.63, 3.8) is 0 Å². The number of carbonyl (C=O) groups is 2. The van der Waals surface area contributed by atoms with E-state index in [9.17, 15) is 9.59 Å². The van der Waals surface area contributed by atoms with Crippen LogP contribution in [0.3, 0.4) is 0 Å². The van der Waals surface area contributed by atoms with Gasteiger partial charge in [0.15, 0.2) is 0 Å². The Kier molecular flexibility index (Phi) is 5.07. The van der Waals surface area contributed by atoms with Crippen LogP contribution < -0.4 is 5.32 Å². The third-order valence-electron chi connectivity index (χ3n) is 4.37. The number of methoxy groups -OCH3 is 1. The summed E-state index contributed by atoms with van der Waals surface area (Å²) in [5, 5.41) is 3.84. The number of amides is 1. The van der Waals surface area contributed by atoms with Gasteiger partial charge in [0.25, 0.3) is 5.91 Å². The number of aromatic amines is 1. The van der Waals surface area contributed by atoms with Gasteiger partial charge >= 0.3 is 5.97 Å². The van der Waals surface area contributed by atoms with Crippen LogP contribution in [0.1, 0.15) is 27.0 Å². The molecule has 3 rings (SSSR count). The average molecular weight is 350 g/mol. The van der Waals surface area contributed by atoms with Gasteiger partial charge < -0.3 is 15.0 Å². The first-order valence-electron chi connectivity index (χ1n) is 8.50. The number of ether oxygens (including phenoxy) is 1. The second kappa shape index (κ2) is 7.44. The zero-order valence-electron chi connectivity index (χ0n) is 15.1. The van der Waals surface area contributed by atoms with Crippen molar-refractivity contribution in [2.75, 3.05) is 7.11 Å². The van der Waals surface area contributed by atoms with E-state index in [2.05, 4.69) is 10.3 Å². The fourth-order valence-electron chi connectivity index (χ4n) is 3.20. The number of fused-ring (bicyclic) bond motifs is 1. The van der Waals surface area contributed by atoms with Crippen molar-refractivity contribution in [2.24, 2.45) is 0 Å². The summed E-state index contributed by atoms with van der Waals surface area (Å²) in [6, 6.07) is 12.7. The number of carbonyl (C=O) groups excluding carboxylic acids is 2. The molecule has 1 amide bonds. The van der Waals surface area contributed by atoms with Crippen molar-refractivity contribution in [1.29, 1.82) is 0 Å². The molecule has 1 atom stereocenters. The van der Waals surface area contributed by atoms with E-state index < -0.39 is 12.0 Å². The lowest BCUT2D eigenvalue weighted by Crippen LogP contribution is -2.43. The van der Waals surface area contributed by atoms with Crippen molar-refractivity contribution < 1.29 is 14.3 Å². The maximum Gasteiger partial charge on any atom is 0.328 e. The zero-order valence-corrected chi connectivity index (χ0v) is 15.1. The van der Waals surface area contributed by atoms with Crippen LogP contribution >= 0.6 is 0 Å². The Morgan fingerprint density at radius 1 is 1.12 bits per heavy atom. The van der Waals surface area contributed by atoms with E-state index in [1.54, 1.807) is 0 Å². The van der Waals surface area contributed by atoms with Crippen LogP contribution in [0.2, 0.25) is 0 Å². The smallest absolute Gasteiger partial charge is 0.328 e. The Balaban J connectivity index is 1.84. The lowest BCUT2D eigenvalue weighted by Gasteiger charge is -2.17. The van der Waals surface area contributed by atoms with Crippen molar-refractivity contribution in [3.8, 4) is 0 Å². The van der Waals surface area contributed by atoms with E-state index in [-0.39, 0.29) is 5.91 Å². The van der Waals surface area contributed by atoms with Crippen LogP contribution in [-0.4, -0.2) is 30.0 Å². The van der Waals surface area contributed by atoms with Gasteiger partial charge in [0.05, 0.1) is 7.11 Å². The molecule has 1 unspecified atom stereocenters. The van der Waals surface area contributed by atoms with E-state index in [1.165, 1.54) is 7.11 Å². The maximum absolute atomic E-state index is 12.6. The van der Waals surface area contributed by atoms with Crippen LogP contribution in [-0.2, 0) is 16.0 Å². The van der Waals surface area contributed by atoms with Gasteiger partial charge in [-0.1, -0.05) is 35.4 Å². The second-order valence-electron chi connectivity index (χ2n) is 6.49. The lowest BCUT2D eigenvalue weighted by atomic mass is 10.0. The quantitative estimate of drug-likeness (QED) is 0.694. The highest BCUT2D eigenvalue weighted by Gasteiger charge is 2.24. The summed E-state index contributed by atoms with van der Waals surface area (Å²) in [5.74, 6) is -0.750. The topological polar surface area (TPSA) is 71.2 Å². The Bertz CT molecular complexity index is 939. The fraction of sp³-hybridized carbons (Fsp3) is 0.238. The first-order valence-corrected chi connectivity index (χ1v) is 8.50. The van der Waals surface area contributed by atoms with Gasteiger partial charge in [0.1, 0.15) is 6.04 Å². The number of rotatable bonds is 5. The number of nitrogens with one attached hydrogen (secondary N) is 2. The number of aromatic nitrogens is 1. The lowest BCUT2D eigenvalue weighted by molar-refractivity contribution is -0.142. The standard InChI is InChI=1S/C21H22N2O3/c1-13-8-14(2)10-15(9-13)20(24)23-19(21(25)26-3)11-16-12-22-18-7-5-4-6-17(16)18/h4-10,12,19,22H,11H2,1-3H3,(H,23,24). The Labute approximate surface area is 152 Å². The van der Waals surface area contributed by atoms with Gasteiger partial charge in [-0.2, -0.15) is 0 Å². The van der Waals surface area contributed by atoms with Crippen molar-refractivity contribution in [2.45, 2.75) is 26.3 Å². The summed E-state index contributed by atoms with van der Waals surface area (Å²) in [7, 11) is 1.33. The van der Waals surface area contributed by atoms with Crippen LogP contribution in [0, 0.1) is 13.8 Å². The van der Waals surface area contributed by atoms with Crippen LogP contribution in [0.5, 0.6) is 0 Å². The highest BCUT2D eigenvalue weighted by Crippen LogP contribution is 2.19. The molecule has 0 aliphatic rings. The first-order chi connectivity index (χ1) is 12.5. The van der Waals surface area contributed by atoms with Gasteiger partial charge in [-0.3, -0.25) is 4.79 Å². The van der Waals surface area contributed by atoms with E-state index in [0.29, 0.717) is 12.0 Å². The van der Waals surface area contributed by atoms with E-state index in [1.807, 2.05) is 62.5 Å². The van der Waals surface area contributed by atoms with Gasteiger partial charge in [-0.25, -0.2) is 4.79 Å². The summed E-state index contributed by atoms with van der Waals surface area (Å²) in [6.45, 7) is 3.88. The number of esters is 1. The van der Waals surface area contributed by atoms with E-state index in [0.717, 1.165) is 27.6 Å². The van der Waals surface area contributed by atoms with E-state index in [4.69, 9.17) is 4.74 Å². The average Bonchev–Trinajstić information content (AvgIpc) is 3.02. The third kappa shape index (κ3) is 3.77. The van der Waals surface area contributed by atoms with Crippen molar-refractivity contribution in [3.05, 3.63) is 70.9 Å². The molecule has 1 aromatic heterocycles. The third-order valence-corrected chi connectivity index (χ3v) is 4.37. The fourth-order valence-corrected chi connectivity index (χ4v) is 3.20. The molecule has 5 nitrogen and oxygen atoms in total. The van der Waals surface area contributed by atoms with Crippen molar-refractivity contribution >= 4 is 22.8 Å². The minimum atomic E-state index is -0.757. The number of H-pyrrole nitrogens is 1. The predicted octanol–water partition coefficient (Wildman–Crippen LogP) is 3.30. The number of aryl methyl sites for hydroxylation is 2. The number of hydrogen-bond donors (Lipinski definition) is 2. The highest BCUT2D eigenvalue weighted by atomic mass is 16.5. The Morgan fingerprint density at radius 2 is 1.81 bits per heavy atom. The molecule has 0 saturated carbocycles. The molecule has 3 aromatic rings. The molecular weight excluding hydrogens is 328 g/mol. The van der Waals surface area contributed by atoms with Crippen LogP contribution in [0.4, 0.5) is 0 Å².